The molecule has 0 fully saturated rings. The summed E-state index contributed by atoms with van der Waals surface area (Å²) in [5.74, 6) is -1.99. The van der Waals surface area contributed by atoms with Crippen molar-refractivity contribution in [1.29, 1.82) is 0 Å². The predicted molar refractivity (Wildman–Crippen MR) is 123 cm³/mol. The van der Waals surface area contributed by atoms with Crippen LogP contribution in [0.5, 0.6) is 0 Å². The molecule has 0 radical (unpaired) electrons. The fourth-order valence-corrected chi connectivity index (χ4v) is 3.03. The van der Waals surface area contributed by atoms with Gasteiger partial charge in [0.1, 0.15) is 0 Å². The Morgan fingerprint density at radius 3 is 1.10 bits per heavy atom. The zero-order valence-corrected chi connectivity index (χ0v) is 23.3. The molecule has 0 rings (SSSR count). The first kappa shape index (κ1) is 34.7. The van der Waals surface area contributed by atoms with Gasteiger partial charge in [-0.1, -0.05) is 115 Å². The third-order valence-electron chi connectivity index (χ3n) is 4.85. The molecule has 0 unspecified atom stereocenters. The Morgan fingerprint density at radius 2 is 0.806 bits per heavy atom. The Kier molecular flexibility index (Phi) is 34.9. The topological polar surface area (TPSA) is 80.3 Å². The molecule has 4 nitrogen and oxygen atoms in total. The molecule has 176 valence electrons. The molecule has 0 aromatic carbocycles. The van der Waals surface area contributed by atoms with Gasteiger partial charge in [0.25, 0.3) is 0 Å². The molecule has 5 heteroatoms. The Labute approximate surface area is 204 Å². The van der Waals surface area contributed by atoms with E-state index in [0.717, 1.165) is 12.8 Å². The van der Waals surface area contributed by atoms with Crippen molar-refractivity contribution in [2.75, 3.05) is 0 Å². The predicted octanol–water partition coefficient (Wildman–Crippen LogP) is 5.64. The van der Waals surface area contributed by atoms with Gasteiger partial charge in [0.15, 0.2) is 0 Å². The van der Waals surface area contributed by atoms with Gasteiger partial charge in [0.05, 0.1) is 0 Å². The van der Waals surface area contributed by atoms with Crippen LogP contribution in [0.1, 0.15) is 129 Å². The van der Waals surface area contributed by atoms with E-state index in [1.165, 1.54) is 89.9 Å². The van der Waals surface area contributed by atoms with Crippen molar-refractivity contribution in [2.24, 2.45) is 0 Å². The maximum atomic E-state index is 10.1. The minimum Gasteiger partial charge on any atom is -0.550 e. The SMILES string of the molecule is CCCCCCCCCC=CCC(=O)[O-].CCCCCCCCCC=CCC(=O)[O-].[Zn+2]. The fourth-order valence-electron chi connectivity index (χ4n) is 3.03. The number of carbonyl (C=O) groups is 2. The molecule has 0 aliphatic heterocycles. The van der Waals surface area contributed by atoms with Crippen LogP contribution in [0.15, 0.2) is 24.3 Å². The van der Waals surface area contributed by atoms with Crippen molar-refractivity contribution >= 4 is 11.9 Å². The maximum Gasteiger partial charge on any atom is 2.00 e. The number of rotatable bonds is 20. The van der Waals surface area contributed by atoms with Crippen molar-refractivity contribution in [2.45, 2.75) is 129 Å². The number of hydrogen-bond donors (Lipinski definition) is 0. The second-order valence-corrected chi connectivity index (χ2v) is 7.92. The van der Waals surface area contributed by atoms with Crippen LogP contribution in [0, 0.1) is 0 Å². The summed E-state index contributed by atoms with van der Waals surface area (Å²) in [4.78, 5) is 20.1. The molecule has 0 N–H and O–H groups in total. The van der Waals surface area contributed by atoms with E-state index in [2.05, 4.69) is 13.8 Å². The van der Waals surface area contributed by atoms with Crippen LogP contribution in [0.4, 0.5) is 0 Å². The molecule has 0 saturated heterocycles. The number of allylic oxidation sites excluding steroid dienone is 2. The van der Waals surface area contributed by atoms with Crippen molar-refractivity contribution in [3.8, 4) is 0 Å². The molecule has 0 amide bonds. The molecule has 0 bridgehead atoms. The number of aliphatic carboxylic acids is 2. The van der Waals surface area contributed by atoms with Crippen LogP contribution in [0.2, 0.25) is 0 Å². The Hall–Kier alpha value is -0.957. The minimum atomic E-state index is -0.995. The van der Waals surface area contributed by atoms with Gasteiger partial charge < -0.3 is 19.8 Å². The van der Waals surface area contributed by atoms with Gasteiger partial charge in [-0.3, -0.25) is 0 Å². The molecule has 0 aliphatic carbocycles. The van der Waals surface area contributed by atoms with E-state index in [0.29, 0.717) is 0 Å². The van der Waals surface area contributed by atoms with Crippen molar-refractivity contribution < 1.29 is 39.3 Å². The van der Waals surface area contributed by atoms with Crippen LogP contribution >= 0.6 is 0 Å². The van der Waals surface area contributed by atoms with E-state index in [9.17, 15) is 19.8 Å². The second kappa shape index (κ2) is 31.2. The average molecular weight is 488 g/mol. The quantitative estimate of drug-likeness (QED) is 0.126. The first-order valence-electron chi connectivity index (χ1n) is 12.2. The second-order valence-electron chi connectivity index (χ2n) is 7.92. The van der Waals surface area contributed by atoms with Crippen LogP contribution in [0.3, 0.4) is 0 Å². The summed E-state index contributed by atoms with van der Waals surface area (Å²) in [6.07, 6.45) is 27.6. The number of carboxylic acid groups (broad SMARTS) is 2. The number of unbranched alkanes of at least 4 members (excludes halogenated alkanes) is 14. The summed E-state index contributed by atoms with van der Waals surface area (Å²) in [6.45, 7) is 4.45. The molecule has 0 atom stereocenters. The molecule has 0 heterocycles. The summed E-state index contributed by atoms with van der Waals surface area (Å²) in [5, 5.41) is 20.1. The van der Waals surface area contributed by atoms with E-state index in [4.69, 9.17) is 0 Å². The number of hydrogen-bond acceptors (Lipinski definition) is 4. The van der Waals surface area contributed by atoms with Crippen molar-refractivity contribution in [1.82, 2.24) is 0 Å². The van der Waals surface area contributed by atoms with E-state index >= 15 is 0 Å². The smallest absolute Gasteiger partial charge is 0.550 e. The molecular formula is C26H46O4Zn. The molecular weight excluding hydrogens is 442 g/mol. The summed E-state index contributed by atoms with van der Waals surface area (Å²) in [6, 6.07) is 0. The maximum absolute atomic E-state index is 10.1. The molecule has 0 aromatic heterocycles. The van der Waals surface area contributed by atoms with Gasteiger partial charge in [0, 0.05) is 24.8 Å². The van der Waals surface area contributed by atoms with Crippen molar-refractivity contribution in [3.05, 3.63) is 24.3 Å². The minimum absolute atomic E-state index is 0. The van der Waals surface area contributed by atoms with Gasteiger partial charge in [-0.15, -0.1) is 0 Å². The van der Waals surface area contributed by atoms with E-state index in [-0.39, 0.29) is 32.3 Å². The molecule has 0 aromatic rings. The average Bonchev–Trinajstić information content (AvgIpc) is 2.71. The van der Waals surface area contributed by atoms with Crippen LogP contribution in [0.25, 0.3) is 0 Å². The van der Waals surface area contributed by atoms with Gasteiger partial charge in [-0.05, 0) is 25.7 Å². The summed E-state index contributed by atoms with van der Waals surface area (Å²) in [5.41, 5.74) is 0. The Bertz CT molecular complexity index is 393. The van der Waals surface area contributed by atoms with Crippen LogP contribution in [-0.4, -0.2) is 11.9 Å². The van der Waals surface area contributed by atoms with E-state index in [1.54, 1.807) is 12.2 Å². The Balaban J connectivity index is -0.000000490. The Morgan fingerprint density at radius 1 is 0.516 bits per heavy atom. The first-order chi connectivity index (χ1) is 14.5. The number of carboxylic acids is 2. The van der Waals surface area contributed by atoms with Gasteiger partial charge in [-0.2, -0.15) is 0 Å². The zero-order chi connectivity index (χ0) is 22.7. The van der Waals surface area contributed by atoms with E-state index < -0.39 is 11.9 Å². The van der Waals surface area contributed by atoms with Crippen LogP contribution in [-0.2, 0) is 29.1 Å². The molecule has 0 saturated carbocycles. The summed E-state index contributed by atoms with van der Waals surface area (Å²) >= 11 is 0. The van der Waals surface area contributed by atoms with Crippen LogP contribution < -0.4 is 10.2 Å². The van der Waals surface area contributed by atoms with Gasteiger partial charge >= 0.3 is 19.5 Å². The zero-order valence-electron chi connectivity index (χ0n) is 20.4. The number of carbonyl (C=O) groups excluding carboxylic acids is 2. The molecule has 0 aliphatic rings. The van der Waals surface area contributed by atoms with Gasteiger partial charge in [-0.25, -0.2) is 0 Å². The third-order valence-corrected chi connectivity index (χ3v) is 4.85. The van der Waals surface area contributed by atoms with Gasteiger partial charge in [0.2, 0.25) is 0 Å². The molecule has 31 heavy (non-hydrogen) atoms. The molecule has 0 spiro atoms. The van der Waals surface area contributed by atoms with Crippen molar-refractivity contribution in [3.63, 3.8) is 0 Å². The van der Waals surface area contributed by atoms with E-state index in [1.807, 2.05) is 12.2 Å². The normalized spacial score (nSPS) is 10.6. The standard InChI is InChI=1S/2C13H24O2.Zn/c2*1-2-3-4-5-6-7-8-9-10-11-12-13(14)15;/h2*10-11H,2-9,12H2,1H3,(H,14,15);/q;;+2/p-2. The first-order valence-corrected chi connectivity index (χ1v) is 12.2. The monoisotopic (exact) mass is 486 g/mol. The summed E-state index contributed by atoms with van der Waals surface area (Å²) in [7, 11) is 0. The fraction of sp³-hybridized carbons (Fsp3) is 0.769. The third kappa shape index (κ3) is 40.0. The largest absolute Gasteiger partial charge is 2.00 e. The summed E-state index contributed by atoms with van der Waals surface area (Å²) < 4.78 is 0.